The maximum Gasteiger partial charge on any atom is 0.238 e. The third kappa shape index (κ3) is 4.84. The standard InChI is InChI=1S/C14H25N5O.2ClH/c1-9-14(10(2)19(4)17-9)16-13(20)8-18(3)12(7-15)11-5-6-11;;/h11-12H,5-8,15H2,1-4H3,(H,16,20);2*1H. The van der Waals surface area contributed by atoms with Crippen molar-refractivity contribution >= 4 is 36.4 Å². The van der Waals surface area contributed by atoms with Crippen LogP contribution in [0, 0.1) is 19.8 Å². The lowest BCUT2D eigenvalue weighted by Crippen LogP contribution is -2.43. The molecule has 0 radical (unpaired) electrons. The molecule has 8 heteroatoms. The molecular formula is C14H27Cl2N5O. The molecule has 1 aromatic rings. The number of rotatable bonds is 6. The van der Waals surface area contributed by atoms with Crippen molar-refractivity contribution in [3.05, 3.63) is 11.4 Å². The molecular weight excluding hydrogens is 325 g/mol. The molecule has 2 rings (SSSR count). The van der Waals surface area contributed by atoms with E-state index in [9.17, 15) is 4.79 Å². The highest BCUT2D eigenvalue weighted by Gasteiger charge is 2.33. The van der Waals surface area contributed by atoms with E-state index in [-0.39, 0.29) is 30.7 Å². The van der Waals surface area contributed by atoms with Crippen LogP contribution in [-0.4, -0.2) is 46.8 Å². The van der Waals surface area contributed by atoms with Crippen molar-refractivity contribution in [1.82, 2.24) is 14.7 Å². The summed E-state index contributed by atoms with van der Waals surface area (Å²) in [6.45, 7) is 4.83. The van der Waals surface area contributed by atoms with Gasteiger partial charge in [0.1, 0.15) is 0 Å². The number of likely N-dealkylation sites (N-methyl/N-ethyl adjacent to an activating group) is 1. The highest BCUT2D eigenvalue weighted by Crippen LogP contribution is 2.34. The van der Waals surface area contributed by atoms with Crippen molar-refractivity contribution in [2.75, 3.05) is 25.5 Å². The molecule has 128 valence electrons. The molecule has 1 heterocycles. The molecule has 6 nitrogen and oxygen atoms in total. The predicted molar refractivity (Wildman–Crippen MR) is 94.0 cm³/mol. The number of aromatic nitrogens is 2. The van der Waals surface area contributed by atoms with Crippen molar-refractivity contribution < 1.29 is 4.79 Å². The fourth-order valence-corrected chi connectivity index (χ4v) is 2.69. The average molecular weight is 352 g/mol. The number of anilines is 1. The lowest BCUT2D eigenvalue weighted by Gasteiger charge is -2.26. The number of carbonyl (C=O) groups is 1. The summed E-state index contributed by atoms with van der Waals surface area (Å²) >= 11 is 0. The van der Waals surface area contributed by atoms with Crippen LogP contribution in [0.15, 0.2) is 0 Å². The zero-order chi connectivity index (χ0) is 14.9. The highest BCUT2D eigenvalue weighted by atomic mass is 35.5. The SMILES string of the molecule is Cc1nn(C)c(C)c1NC(=O)CN(C)C(CN)C1CC1.Cl.Cl. The fourth-order valence-electron chi connectivity index (χ4n) is 2.69. The Kier molecular flexibility index (Phi) is 8.39. The van der Waals surface area contributed by atoms with Gasteiger partial charge in [-0.25, -0.2) is 0 Å². The molecule has 0 saturated heterocycles. The molecule has 1 aromatic heterocycles. The summed E-state index contributed by atoms with van der Waals surface area (Å²) in [5.74, 6) is 0.658. The zero-order valence-corrected chi connectivity index (χ0v) is 15.3. The van der Waals surface area contributed by atoms with Gasteiger partial charge in [-0.1, -0.05) is 0 Å². The molecule has 0 bridgehead atoms. The fraction of sp³-hybridized carbons (Fsp3) is 0.714. The molecule has 0 spiro atoms. The lowest BCUT2D eigenvalue weighted by molar-refractivity contribution is -0.117. The summed E-state index contributed by atoms with van der Waals surface area (Å²) in [4.78, 5) is 14.2. The Morgan fingerprint density at radius 2 is 2.05 bits per heavy atom. The van der Waals surface area contributed by atoms with Gasteiger partial charge in [0.2, 0.25) is 5.91 Å². The minimum atomic E-state index is -0.00852. The Balaban J connectivity index is 0.00000220. The Morgan fingerprint density at radius 3 is 2.45 bits per heavy atom. The van der Waals surface area contributed by atoms with Crippen molar-refractivity contribution in [1.29, 1.82) is 0 Å². The van der Waals surface area contributed by atoms with Crippen LogP contribution in [0.2, 0.25) is 0 Å². The summed E-state index contributed by atoms with van der Waals surface area (Å²) in [7, 11) is 3.85. The van der Waals surface area contributed by atoms with Gasteiger partial charge in [0, 0.05) is 19.6 Å². The Labute approximate surface area is 144 Å². The van der Waals surface area contributed by atoms with Crippen molar-refractivity contribution in [2.24, 2.45) is 18.7 Å². The Hall–Kier alpha value is -0.820. The summed E-state index contributed by atoms with van der Waals surface area (Å²) in [6.07, 6.45) is 2.46. The van der Waals surface area contributed by atoms with Gasteiger partial charge < -0.3 is 11.1 Å². The Bertz CT molecular complexity index is 502. The van der Waals surface area contributed by atoms with Crippen molar-refractivity contribution in [3.63, 3.8) is 0 Å². The molecule has 1 saturated carbocycles. The van der Waals surface area contributed by atoms with Crippen molar-refractivity contribution in [2.45, 2.75) is 32.7 Å². The minimum absolute atomic E-state index is 0. The largest absolute Gasteiger partial charge is 0.329 e. The van der Waals surface area contributed by atoms with Crippen LogP contribution in [0.4, 0.5) is 5.69 Å². The maximum absolute atomic E-state index is 12.2. The second-order valence-electron chi connectivity index (χ2n) is 5.77. The predicted octanol–water partition coefficient (Wildman–Crippen LogP) is 1.49. The Morgan fingerprint density at radius 1 is 1.45 bits per heavy atom. The average Bonchev–Trinajstić information content (AvgIpc) is 3.16. The monoisotopic (exact) mass is 351 g/mol. The van der Waals surface area contributed by atoms with Gasteiger partial charge in [0.25, 0.3) is 0 Å². The zero-order valence-electron chi connectivity index (χ0n) is 13.6. The maximum atomic E-state index is 12.2. The molecule has 1 atom stereocenters. The number of halogens is 2. The molecule has 1 aliphatic rings. The van der Waals surface area contributed by atoms with Gasteiger partial charge >= 0.3 is 0 Å². The second-order valence-corrected chi connectivity index (χ2v) is 5.77. The normalized spacial score (nSPS) is 15.0. The summed E-state index contributed by atoms with van der Waals surface area (Å²) in [5.41, 5.74) is 8.44. The third-order valence-corrected chi connectivity index (χ3v) is 4.14. The first-order valence-electron chi connectivity index (χ1n) is 7.14. The lowest BCUT2D eigenvalue weighted by atomic mass is 10.1. The molecule has 0 aliphatic heterocycles. The van der Waals surface area contributed by atoms with E-state index in [1.807, 2.05) is 27.9 Å². The van der Waals surface area contributed by atoms with Gasteiger partial charge in [-0.3, -0.25) is 14.4 Å². The molecule has 1 fully saturated rings. The van der Waals surface area contributed by atoms with E-state index in [1.54, 1.807) is 4.68 Å². The summed E-state index contributed by atoms with van der Waals surface area (Å²) < 4.78 is 1.78. The highest BCUT2D eigenvalue weighted by molar-refractivity contribution is 5.93. The van der Waals surface area contributed by atoms with E-state index < -0.39 is 0 Å². The number of amides is 1. The van der Waals surface area contributed by atoms with Crippen LogP contribution < -0.4 is 11.1 Å². The van der Waals surface area contributed by atoms with Gasteiger partial charge in [-0.05, 0) is 39.7 Å². The number of nitrogens with zero attached hydrogens (tertiary/aromatic N) is 3. The van der Waals surface area contributed by atoms with Crippen LogP contribution in [0.3, 0.4) is 0 Å². The van der Waals surface area contributed by atoms with Gasteiger partial charge in [-0.2, -0.15) is 5.10 Å². The number of aryl methyl sites for hydroxylation is 2. The molecule has 0 aromatic carbocycles. The third-order valence-electron chi connectivity index (χ3n) is 4.14. The smallest absolute Gasteiger partial charge is 0.238 e. The van der Waals surface area contributed by atoms with E-state index in [0.717, 1.165) is 17.1 Å². The van der Waals surface area contributed by atoms with E-state index in [0.29, 0.717) is 25.0 Å². The number of hydrogen-bond donors (Lipinski definition) is 2. The van der Waals surface area contributed by atoms with Crippen LogP contribution in [-0.2, 0) is 11.8 Å². The molecule has 1 unspecified atom stereocenters. The van der Waals surface area contributed by atoms with E-state index in [1.165, 1.54) is 12.8 Å². The molecule has 1 amide bonds. The van der Waals surface area contributed by atoms with Gasteiger partial charge in [0.05, 0.1) is 23.6 Å². The van der Waals surface area contributed by atoms with E-state index in [2.05, 4.69) is 15.3 Å². The van der Waals surface area contributed by atoms with Crippen LogP contribution >= 0.6 is 24.8 Å². The van der Waals surface area contributed by atoms with Gasteiger partial charge in [0.15, 0.2) is 0 Å². The first-order valence-corrected chi connectivity index (χ1v) is 7.14. The number of carbonyl (C=O) groups excluding carboxylic acids is 1. The summed E-state index contributed by atoms with van der Waals surface area (Å²) in [5, 5.41) is 7.26. The first kappa shape index (κ1) is 21.2. The van der Waals surface area contributed by atoms with Crippen LogP contribution in [0.1, 0.15) is 24.2 Å². The molecule has 1 aliphatic carbocycles. The quantitative estimate of drug-likeness (QED) is 0.813. The topological polar surface area (TPSA) is 76.2 Å². The van der Waals surface area contributed by atoms with Crippen LogP contribution in [0.25, 0.3) is 0 Å². The number of hydrogen-bond acceptors (Lipinski definition) is 4. The molecule has 22 heavy (non-hydrogen) atoms. The number of nitrogens with one attached hydrogen (secondary N) is 1. The van der Waals surface area contributed by atoms with Gasteiger partial charge in [-0.15, -0.1) is 24.8 Å². The minimum Gasteiger partial charge on any atom is -0.329 e. The van der Waals surface area contributed by atoms with Crippen LogP contribution in [0.5, 0.6) is 0 Å². The first-order chi connectivity index (χ1) is 9.43. The van der Waals surface area contributed by atoms with E-state index in [4.69, 9.17) is 5.73 Å². The van der Waals surface area contributed by atoms with E-state index >= 15 is 0 Å². The summed E-state index contributed by atoms with van der Waals surface area (Å²) in [6, 6.07) is 0.317. The molecule has 3 N–H and O–H groups in total. The second kappa shape index (κ2) is 8.72. The van der Waals surface area contributed by atoms with Crippen molar-refractivity contribution in [3.8, 4) is 0 Å². The number of nitrogens with two attached hydrogens (primary N) is 1.